The van der Waals surface area contributed by atoms with Gasteiger partial charge in [0.05, 0.1) is 5.56 Å². The van der Waals surface area contributed by atoms with Crippen molar-refractivity contribution in [2.24, 2.45) is 5.14 Å². The van der Waals surface area contributed by atoms with Gasteiger partial charge >= 0.3 is 0 Å². The third-order valence-corrected chi connectivity index (χ3v) is 4.95. The van der Waals surface area contributed by atoms with Gasteiger partial charge in [0.1, 0.15) is 4.21 Å². The molecule has 1 aromatic carbocycles. The fraction of sp³-hybridized carbons (Fsp3) is 0. The van der Waals surface area contributed by atoms with E-state index in [1.165, 1.54) is 6.07 Å². The number of hydrogen-bond donors (Lipinski definition) is 1. The molecule has 2 heterocycles. The van der Waals surface area contributed by atoms with Gasteiger partial charge in [0.15, 0.2) is 0 Å². The van der Waals surface area contributed by atoms with Crippen molar-refractivity contribution in [1.82, 2.24) is 10.1 Å². The molecule has 3 aromatic rings. The summed E-state index contributed by atoms with van der Waals surface area (Å²) in [5.41, 5.74) is 1.36. The number of aromatic nitrogens is 2. The number of thiophene rings is 1. The molecule has 0 saturated carbocycles. The van der Waals surface area contributed by atoms with Crippen LogP contribution in [0, 0.1) is 0 Å². The van der Waals surface area contributed by atoms with E-state index >= 15 is 0 Å². The van der Waals surface area contributed by atoms with Gasteiger partial charge in [-0.15, -0.1) is 11.3 Å². The van der Waals surface area contributed by atoms with Crippen LogP contribution >= 0.6 is 11.3 Å². The summed E-state index contributed by atoms with van der Waals surface area (Å²) < 4.78 is 27.7. The fourth-order valence-electron chi connectivity index (χ4n) is 1.62. The zero-order valence-corrected chi connectivity index (χ0v) is 11.7. The second-order valence-corrected chi connectivity index (χ2v) is 6.69. The first-order valence-corrected chi connectivity index (χ1v) is 7.97. The lowest BCUT2D eigenvalue weighted by atomic mass is 10.2. The summed E-state index contributed by atoms with van der Waals surface area (Å²) in [5, 5.41) is 10.5. The molecule has 0 aliphatic carbocycles. The Morgan fingerprint density at radius 2 is 1.90 bits per heavy atom. The van der Waals surface area contributed by atoms with Crippen molar-refractivity contribution in [2.75, 3.05) is 0 Å². The fourth-order valence-corrected chi connectivity index (χ4v) is 3.20. The Kier molecular flexibility index (Phi) is 3.13. The normalized spacial score (nSPS) is 11.7. The highest BCUT2D eigenvalue weighted by atomic mass is 32.2. The van der Waals surface area contributed by atoms with E-state index in [1.54, 1.807) is 5.38 Å². The largest absolute Gasteiger partial charge is 0.334 e. The molecule has 0 saturated heterocycles. The minimum Gasteiger partial charge on any atom is -0.334 e. The first kappa shape index (κ1) is 13.0. The van der Waals surface area contributed by atoms with Crippen LogP contribution in [0.5, 0.6) is 0 Å². The van der Waals surface area contributed by atoms with Gasteiger partial charge in [0, 0.05) is 10.9 Å². The summed E-state index contributed by atoms with van der Waals surface area (Å²) in [4.78, 5) is 4.24. The number of benzene rings is 1. The average molecular weight is 307 g/mol. The number of nitrogens with zero attached hydrogens (tertiary/aromatic N) is 2. The van der Waals surface area contributed by atoms with Crippen molar-refractivity contribution in [3.8, 4) is 22.8 Å². The molecule has 0 aliphatic heterocycles. The van der Waals surface area contributed by atoms with Crippen LogP contribution < -0.4 is 5.14 Å². The number of primary sulfonamides is 1. The van der Waals surface area contributed by atoms with E-state index in [-0.39, 0.29) is 10.1 Å². The average Bonchev–Trinajstić information content (AvgIpc) is 3.08. The number of sulfonamides is 1. The van der Waals surface area contributed by atoms with Gasteiger partial charge in [-0.25, -0.2) is 13.6 Å². The van der Waals surface area contributed by atoms with E-state index in [9.17, 15) is 8.42 Å². The second kappa shape index (κ2) is 4.82. The highest BCUT2D eigenvalue weighted by molar-refractivity contribution is 7.91. The van der Waals surface area contributed by atoms with Crippen molar-refractivity contribution >= 4 is 21.4 Å². The molecule has 2 N–H and O–H groups in total. The lowest BCUT2D eigenvalue weighted by Gasteiger charge is -1.90. The third-order valence-electron chi connectivity index (χ3n) is 2.56. The summed E-state index contributed by atoms with van der Waals surface area (Å²) in [6.45, 7) is 0. The molecule has 8 heteroatoms. The van der Waals surface area contributed by atoms with Crippen LogP contribution in [-0.2, 0) is 10.0 Å². The van der Waals surface area contributed by atoms with Gasteiger partial charge in [-0.05, 0) is 6.07 Å². The highest BCUT2D eigenvalue weighted by Gasteiger charge is 2.16. The van der Waals surface area contributed by atoms with Crippen LogP contribution in [0.4, 0.5) is 0 Å². The zero-order chi connectivity index (χ0) is 14.2. The third kappa shape index (κ3) is 2.48. The van der Waals surface area contributed by atoms with E-state index in [1.807, 2.05) is 30.3 Å². The SMILES string of the molecule is NS(=O)(=O)c1cc(-c2nc(-c3ccccc3)no2)cs1. The first-order valence-electron chi connectivity index (χ1n) is 5.55. The predicted molar refractivity (Wildman–Crippen MR) is 74.4 cm³/mol. The van der Waals surface area contributed by atoms with E-state index in [0.29, 0.717) is 11.4 Å². The molecule has 3 rings (SSSR count). The number of rotatable bonds is 3. The molecule has 0 radical (unpaired) electrons. The molecule has 0 bridgehead atoms. The zero-order valence-electron chi connectivity index (χ0n) is 10.1. The molecule has 0 amide bonds. The van der Waals surface area contributed by atoms with Crippen LogP contribution in [0.1, 0.15) is 0 Å². The summed E-state index contributed by atoms with van der Waals surface area (Å²) in [7, 11) is -3.71. The topological polar surface area (TPSA) is 99.1 Å². The first-order chi connectivity index (χ1) is 9.54. The van der Waals surface area contributed by atoms with Gasteiger partial charge < -0.3 is 4.52 Å². The van der Waals surface area contributed by atoms with E-state index in [4.69, 9.17) is 9.66 Å². The van der Waals surface area contributed by atoms with Crippen LogP contribution in [-0.4, -0.2) is 18.6 Å². The summed E-state index contributed by atoms with van der Waals surface area (Å²) in [6, 6.07) is 10.8. The van der Waals surface area contributed by atoms with Crippen molar-refractivity contribution < 1.29 is 12.9 Å². The lowest BCUT2D eigenvalue weighted by Crippen LogP contribution is -2.09. The van der Waals surface area contributed by atoms with E-state index in [2.05, 4.69) is 10.1 Å². The molecular weight excluding hydrogens is 298 g/mol. The number of nitrogens with two attached hydrogens (primary N) is 1. The monoisotopic (exact) mass is 307 g/mol. The van der Waals surface area contributed by atoms with Crippen molar-refractivity contribution in [3.63, 3.8) is 0 Å². The Morgan fingerprint density at radius 1 is 1.15 bits per heavy atom. The van der Waals surface area contributed by atoms with Crippen LogP contribution in [0.2, 0.25) is 0 Å². The number of hydrogen-bond acceptors (Lipinski definition) is 6. The minimum absolute atomic E-state index is 0.0620. The molecule has 20 heavy (non-hydrogen) atoms. The standard InChI is InChI=1S/C12H9N3O3S2/c13-20(16,17)10-6-9(7-19-10)12-14-11(15-18-12)8-4-2-1-3-5-8/h1-7H,(H2,13,16,17). The molecule has 0 atom stereocenters. The smallest absolute Gasteiger partial charge is 0.259 e. The summed E-state index contributed by atoms with van der Waals surface area (Å²) in [5.74, 6) is 0.707. The molecule has 0 spiro atoms. The summed E-state index contributed by atoms with van der Waals surface area (Å²) in [6.07, 6.45) is 0. The van der Waals surface area contributed by atoms with E-state index in [0.717, 1.165) is 16.9 Å². The van der Waals surface area contributed by atoms with Gasteiger partial charge in [-0.1, -0.05) is 35.5 Å². The molecule has 6 nitrogen and oxygen atoms in total. The Labute approximate surface area is 118 Å². The maximum absolute atomic E-state index is 11.2. The lowest BCUT2D eigenvalue weighted by molar-refractivity contribution is 0.432. The summed E-state index contributed by atoms with van der Waals surface area (Å²) >= 11 is 1.02. The van der Waals surface area contributed by atoms with Gasteiger partial charge in [-0.3, -0.25) is 0 Å². The molecule has 2 aromatic heterocycles. The highest BCUT2D eigenvalue weighted by Crippen LogP contribution is 2.28. The second-order valence-electron chi connectivity index (χ2n) is 3.99. The van der Waals surface area contributed by atoms with Crippen LogP contribution in [0.3, 0.4) is 0 Å². The van der Waals surface area contributed by atoms with Crippen molar-refractivity contribution in [3.05, 3.63) is 41.8 Å². The predicted octanol–water partition coefficient (Wildman–Crippen LogP) is 2.11. The molecule has 0 fully saturated rings. The van der Waals surface area contributed by atoms with Crippen LogP contribution in [0.25, 0.3) is 22.8 Å². The van der Waals surface area contributed by atoms with E-state index < -0.39 is 10.0 Å². The van der Waals surface area contributed by atoms with Crippen molar-refractivity contribution in [1.29, 1.82) is 0 Å². The molecule has 102 valence electrons. The van der Waals surface area contributed by atoms with Gasteiger partial charge in [0.2, 0.25) is 15.8 Å². The maximum Gasteiger partial charge on any atom is 0.259 e. The minimum atomic E-state index is -3.71. The Bertz CT molecular complexity index is 838. The quantitative estimate of drug-likeness (QED) is 0.799. The van der Waals surface area contributed by atoms with Crippen molar-refractivity contribution in [2.45, 2.75) is 4.21 Å². The van der Waals surface area contributed by atoms with Gasteiger partial charge in [0.25, 0.3) is 5.89 Å². The van der Waals surface area contributed by atoms with Gasteiger partial charge in [-0.2, -0.15) is 4.98 Å². The Hall–Kier alpha value is -2.03. The Morgan fingerprint density at radius 3 is 2.55 bits per heavy atom. The molecular formula is C12H9N3O3S2. The maximum atomic E-state index is 11.2. The van der Waals surface area contributed by atoms with Crippen LogP contribution in [0.15, 0.2) is 50.5 Å². The Balaban J connectivity index is 1.97. The molecule has 0 aliphatic rings. The molecule has 0 unspecified atom stereocenters.